The molecule has 0 fully saturated rings. The average molecular weight is 247 g/mol. The summed E-state index contributed by atoms with van der Waals surface area (Å²) in [5, 5.41) is 11.9. The fraction of sp³-hybridized carbons (Fsp3) is 0.400. The van der Waals surface area contributed by atoms with Gasteiger partial charge in [-0.3, -0.25) is 4.79 Å². The van der Waals surface area contributed by atoms with Crippen LogP contribution >= 0.6 is 0 Å². The first kappa shape index (κ1) is 14.5. The molecule has 3 heteroatoms. The van der Waals surface area contributed by atoms with E-state index in [0.717, 1.165) is 16.8 Å². The number of allylic oxidation sites excluding steroid dienone is 1. The molecule has 0 unspecified atom stereocenters. The van der Waals surface area contributed by atoms with Gasteiger partial charge in [0.2, 0.25) is 5.91 Å². The number of aryl methyl sites for hydroxylation is 1. The minimum absolute atomic E-state index is 0.0146. The number of hydrogen-bond acceptors (Lipinski definition) is 2. The number of carbonyl (C=O) groups is 1. The van der Waals surface area contributed by atoms with E-state index in [1.54, 1.807) is 12.1 Å². The van der Waals surface area contributed by atoms with Gasteiger partial charge in [0.1, 0.15) is 0 Å². The Hall–Kier alpha value is -1.61. The van der Waals surface area contributed by atoms with Gasteiger partial charge in [0.15, 0.2) is 0 Å². The minimum atomic E-state index is -0.150. The highest BCUT2D eigenvalue weighted by molar-refractivity contribution is 5.99. The van der Waals surface area contributed by atoms with Gasteiger partial charge < -0.3 is 10.4 Å². The van der Waals surface area contributed by atoms with Crippen molar-refractivity contribution in [2.75, 3.05) is 5.32 Å². The maximum atomic E-state index is 11.8. The summed E-state index contributed by atoms with van der Waals surface area (Å²) in [4.78, 5) is 11.8. The van der Waals surface area contributed by atoms with E-state index in [1.807, 2.05) is 45.9 Å². The predicted molar refractivity (Wildman–Crippen MR) is 74.3 cm³/mol. The Morgan fingerprint density at radius 2 is 2.06 bits per heavy atom. The molecule has 0 spiro atoms. The average Bonchev–Trinajstić information content (AvgIpc) is 2.28. The second kappa shape index (κ2) is 5.83. The number of hydrogen-bond donors (Lipinski definition) is 2. The molecule has 1 amide bonds. The fourth-order valence-corrected chi connectivity index (χ4v) is 1.40. The van der Waals surface area contributed by atoms with E-state index >= 15 is 0 Å². The first-order valence-electron chi connectivity index (χ1n) is 6.02. The molecule has 18 heavy (non-hydrogen) atoms. The minimum Gasteiger partial charge on any atom is -0.392 e. The largest absolute Gasteiger partial charge is 0.392 e. The molecule has 0 aromatic heterocycles. The Morgan fingerprint density at radius 3 is 2.61 bits per heavy atom. The van der Waals surface area contributed by atoms with Gasteiger partial charge in [-0.15, -0.1) is 0 Å². The van der Waals surface area contributed by atoms with Gasteiger partial charge in [-0.2, -0.15) is 0 Å². The maximum absolute atomic E-state index is 11.8. The van der Waals surface area contributed by atoms with Crippen LogP contribution in [0.25, 0.3) is 0 Å². The molecular weight excluding hydrogens is 226 g/mol. The molecule has 0 aliphatic rings. The molecule has 0 saturated heterocycles. The summed E-state index contributed by atoms with van der Waals surface area (Å²) >= 11 is 0. The van der Waals surface area contributed by atoms with E-state index in [1.165, 1.54) is 0 Å². The van der Waals surface area contributed by atoms with Crippen molar-refractivity contribution in [3.05, 3.63) is 41.5 Å². The number of benzene rings is 1. The molecule has 1 aromatic rings. The van der Waals surface area contributed by atoms with Crippen molar-refractivity contribution in [1.29, 1.82) is 0 Å². The van der Waals surface area contributed by atoms with Crippen LogP contribution in [0.3, 0.4) is 0 Å². The van der Waals surface area contributed by atoms with E-state index in [4.69, 9.17) is 5.11 Å². The smallest absolute Gasteiger partial charge is 0.248 e. The van der Waals surface area contributed by atoms with Gasteiger partial charge in [0.05, 0.1) is 6.61 Å². The third-order valence-corrected chi connectivity index (χ3v) is 2.48. The number of anilines is 1. The summed E-state index contributed by atoms with van der Waals surface area (Å²) in [6, 6.07) is 5.52. The van der Waals surface area contributed by atoms with E-state index in [2.05, 4.69) is 5.32 Å². The standard InChI is InChI=1S/C15H21NO2/c1-11-5-6-12(10-17)9-13(11)16-14(18)7-8-15(2,3)4/h5-9,17H,10H2,1-4H3,(H,16,18)/b8-7+. The summed E-state index contributed by atoms with van der Waals surface area (Å²) < 4.78 is 0. The van der Waals surface area contributed by atoms with Gasteiger partial charge in [-0.25, -0.2) is 0 Å². The number of rotatable bonds is 3. The quantitative estimate of drug-likeness (QED) is 0.807. The molecule has 0 heterocycles. The molecule has 0 atom stereocenters. The van der Waals surface area contributed by atoms with Crippen LogP contribution in [0.1, 0.15) is 31.9 Å². The van der Waals surface area contributed by atoms with E-state index in [-0.39, 0.29) is 17.9 Å². The lowest BCUT2D eigenvalue weighted by atomic mass is 9.96. The van der Waals surface area contributed by atoms with Crippen LogP contribution in [0.5, 0.6) is 0 Å². The summed E-state index contributed by atoms with van der Waals surface area (Å²) in [6.45, 7) is 8.00. The maximum Gasteiger partial charge on any atom is 0.248 e. The Kier molecular flexibility index (Phi) is 4.68. The fourth-order valence-electron chi connectivity index (χ4n) is 1.40. The molecule has 2 N–H and O–H groups in total. The second-order valence-corrected chi connectivity index (χ2v) is 5.50. The van der Waals surface area contributed by atoms with Crippen LogP contribution in [0.15, 0.2) is 30.4 Å². The normalized spacial score (nSPS) is 11.8. The van der Waals surface area contributed by atoms with Crippen LogP contribution < -0.4 is 5.32 Å². The second-order valence-electron chi connectivity index (χ2n) is 5.50. The van der Waals surface area contributed by atoms with Crippen molar-refractivity contribution in [3.8, 4) is 0 Å². The van der Waals surface area contributed by atoms with Crippen molar-refractivity contribution in [2.45, 2.75) is 34.3 Å². The zero-order valence-corrected chi connectivity index (χ0v) is 11.4. The molecule has 0 aliphatic carbocycles. The number of nitrogens with one attached hydrogen (secondary N) is 1. The van der Waals surface area contributed by atoms with Crippen molar-refractivity contribution in [1.82, 2.24) is 0 Å². The van der Waals surface area contributed by atoms with Crippen LogP contribution in [0.2, 0.25) is 0 Å². The zero-order chi connectivity index (χ0) is 13.8. The van der Waals surface area contributed by atoms with Crippen LogP contribution in [-0.2, 0) is 11.4 Å². The van der Waals surface area contributed by atoms with Gasteiger partial charge in [-0.1, -0.05) is 39.0 Å². The van der Waals surface area contributed by atoms with Gasteiger partial charge in [0.25, 0.3) is 0 Å². The Labute approximate surface area is 109 Å². The van der Waals surface area contributed by atoms with Crippen molar-refractivity contribution in [2.24, 2.45) is 5.41 Å². The first-order valence-corrected chi connectivity index (χ1v) is 6.02. The van der Waals surface area contributed by atoms with Gasteiger partial charge in [0, 0.05) is 5.69 Å². The number of carbonyl (C=O) groups excluding carboxylic acids is 1. The van der Waals surface area contributed by atoms with Crippen molar-refractivity contribution >= 4 is 11.6 Å². The van der Waals surface area contributed by atoms with Crippen LogP contribution in [0, 0.1) is 12.3 Å². The lowest BCUT2D eigenvalue weighted by Crippen LogP contribution is -2.11. The highest BCUT2D eigenvalue weighted by atomic mass is 16.3. The van der Waals surface area contributed by atoms with Crippen LogP contribution in [-0.4, -0.2) is 11.0 Å². The Bertz CT molecular complexity index is 456. The SMILES string of the molecule is Cc1ccc(CO)cc1NC(=O)/C=C/C(C)(C)C. The molecule has 1 rings (SSSR count). The van der Waals surface area contributed by atoms with E-state index in [9.17, 15) is 4.79 Å². The number of aliphatic hydroxyl groups is 1. The molecule has 0 bridgehead atoms. The third kappa shape index (κ3) is 4.72. The molecular formula is C15H21NO2. The summed E-state index contributed by atoms with van der Waals surface area (Å²) in [6.07, 6.45) is 3.42. The number of aliphatic hydroxyl groups excluding tert-OH is 1. The Balaban J connectivity index is 2.79. The number of amides is 1. The molecule has 1 aromatic carbocycles. The molecule has 0 aliphatic heterocycles. The first-order chi connectivity index (χ1) is 8.31. The summed E-state index contributed by atoms with van der Waals surface area (Å²) in [5.74, 6) is -0.150. The monoisotopic (exact) mass is 247 g/mol. The van der Waals surface area contributed by atoms with E-state index in [0.29, 0.717) is 0 Å². The van der Waals surface area contributed by atoms with Crippen LogP contribution in [0.4, 0.5) is 5.69 Å². The zero-order valence-electron chi connectivity index (χ0n) is 11.4. The topological polar surface area (TPSA) is 49.3 Å². The predicted octanol–water partition coefficient (Wildman–Crippen LogP) is 3.03. The molecule has 0 radical (unpaired) electrons. The molecule has 98 valence electrons. The third-order valence-electron chi connectivity index (χ3n) is 2.48. The lowest BCUT2D eigenvalue weighted by molar-refractivity contribution is -0.112. The van der Waals surface area contributed by atoms with Crippen molar-refractivity contribution < 1.29 is 9.90 Å². The molecule has 3 nitrogen and oxygen atoms in total. The summed E-state index contributed by atoms with van der Waals surface area (Å²) in [5.41, 5.74) is 2.49. The summed E-state index contributed by atoms with van der Waals surface area (Å²) in [7, 11) is 0. The highest BCUT2D eigenvalue weighted by Gasteiger charge is 2.07. The molecule has 0 saturated carbocycles. The Morgan fingerprint density at radius 1 is 1.39 bits per heavy atom. The van der Waals surface area contributed by atoms with Crippen molar-refractivity contribution in [3.63, 3.8) is 0 Å². The van der Waals surface area contributed by atoms with Gasteiger partial charge in [-0.05, 0) is 35.6 Å². The van der Waals surface area contributed by atoms with Gasteiger partial charge >= 0.3 is 0 Å². The van der Waals surface area contributed by atoms with E-state index < -0.39 is 0 Å². The highest BCUT2D eigenvalue weighted by Crippen LogP contribution is 2.18. The lowest BCUT2D eigenvalue weighted by Gasteiger charge is -2.12.